The minimum atomic E-state index is -2.88. The van der Waals surface area contributed by atoms with Crippen molar-refractivity contribution in [1.82, 2.24) is 4.90 Å². The number of benzene rings is 1. The van der Waals surface area contributed by atoms with E-state index in [0.717, 1.165) is 25.9 Å². The standard InChI is InChI=1S/C15H24N2O2S/c1-16(11-12-20(2,18)19)15-9-6-10-17(13-15)14-7-4-3-5-8-14/h3-5,7-8,15H,6,9-13H2,1-2H3. The van der Waals surface area contributed by atoms with E-state index in [1.165, 1.54) is 11.9 Å². The summed E-state index contributed by atoms with van der Waals surface area (Å²) in [5.41, 5.74) is 1.26. The van der Waals surface area contributed by atoms with Gasteiger partial charge >= 0.3 is 0 Å². The van der Waals surface area contributed by atoms with Crippen LogP contribution in [-0.2, 0) is 9.84 Å². The van der Waals surface area contributed by atoms with Crippen LogP contribution in [0.2, 0.25) is 0 Å². The Morgan fingerprint density at radius 3 is 2.65 bits per heavy atom. The zero-order valence-corrected chi connectivity index (χ0v) is 13.1. The first-order valence-electron chi connectivity index (χ1n) is 7.14. The summed E-state index contributed by atoms with van der Waals surface area (Å²) < 4.78 is 22.5. The number of sulfone groups is 1. The van der Waals surface area contributed by atoms with E-state index in [1.807, 2.05) is 13.1 Å². The third kappa shape index (κ3) is 4.49. The predicted molar refractivity (Wildman–Crippen MR) is 84.0 cm³/mol. The molecule has 1 fully saturated rings. The zero-order chi connectivity index (χ0) is 14.6. The van der Waals surface area contributed by atoms with Gasteiger partial charge in [0.1, 0.15) is 9.84 Å². The molecule has 1 unspecified atom stereocenters. The molecule has 1 saturated heterocycles. The van der Waals surface area contributed by atoms with Crippen LogP contribution < -0.4 is 4.90 Å². The molecular formula is C15H24N2O2S. The molecule has 20 heavy (non-hydrogen) atoms. The van der Waals surface area contributed by atoms with E-state index in [-0.39, 0.29) is 5.75 Å². The third-order valence-corrected chi connectivity index (χ3v) is 4.88. The number of nitrogens with zero attached hydrogens (tertiary/aromatic N) is 2. The van der Waals surface area contributed by atoms with Crippen molar-refractivity contribution in [1.29, 1.82) is 0 Å². The maximum absolute atomic E-state index is 11.3. The lowest BCUT2D eigenvalue weighted by Gasteiger charge is -2.38. The minimum absolute atomic E-state index is 0.241. The lowest BCUT2D eigenvalue weighted by Crippen LogP contribution is -2.47. The predicted octanol–water partition coefficient (Wildman–Crippen LogP) is 1.63. The van der Waals surface area contributed by atoms with Crippen LogP contribution in [-0.4, -0.2) is 58.1 Å². The highest BCUT2D eigenvalue weighted by atomic mass is 32.2. The summed E-state index contributed by atoms with van der Waals surface area (Å²) in [5, 5.41) is 0. The number of rotatable bonds is 5. The van der Waals surface area contributed by atoms with E-state index >= 15 is 0 Å². The Hall–Kier alpha value is -1.07. The Kier molecular flexibility index (Phi) is 5.05. The Bertz CT molecular complexity index is 516. The normalized spacial score (nSPS) is 20.4. The van der Waals surface area contributed by atoms with E-state index in [4.69, 9.17) is 0 Å². The van der Waals surface area contributed by atoms with Crippen molar-refractivity contribution in [3.8, 4) is 0 Å². The second-order valence-corrected chi connectivity index (χ2v) is 7.95. The molecule has 0 spiro atoms. The molecule has 0 radical (unpaired) electrons. The summed E-state index contributed by atoms with van der Waals surface area (Å²) in [6.07, 6.45) is 3.60. The van der Waals surface area contributed by atoms with Gasteiger partial charge in [-0.05, 0) is 32.0 Å². The Morgan fingerprint density at radius 2 is 2.00 bits per heavy atom. The summed E-state index contributed by atoms with van der Waals surface area (Å²) in [4.78, 5) is 4.58. The molecule has 112 valence electrons. The van der Waals surface area contributed by atoms with Crippen LogP contribution in [0.5, 0.6) is 0 Å². The lowest BCUT2D eigenvalue weighted by atomic mass is 10.0. The maximum atomic E-state index is 11.3. The van der Waals surface area contributed by atoms with Gasteiger partial charge in [-0.15, -0.1) is 0 Å². The molecule has 0 aromatic heterocycles. The van der Waals surface area contributed by atoms with E-state index in [1.54, 1.807) is 0 Å². The Morgan fingerprint density at radius 1 is 1.30 bits per heavy atom. The summed E-state index contributed by atoms with van der Waals surface area (Å²) >= 11 is 0. The fourth-order valence-corrected chi connectivity index (χ4v) is 3.30. The van der Waals surface area contributed by atoms with Crippen molar-refractivity contribution in [3.63, 3.8) is 0 Å². The molecule has 0 N–H and O–H groups in total. The molecule has 0 saturated carbocycles. The number of para-hydroxylation sites is 1. The van der Waals surface area contributed by atoms with Gasteiger partial charge in [0.25, 0.3) is 0 Å². The molecule has 0 aliphatic carbocycles. The average molecular weight is 296 g/mol. The molecule has 5 heteroatoms. The Balaban J connectivity index is 1.93. The first-order valence-corrected chi connectivity index (χ1v) is 9.20. The molecule has 1 aromatic rings. The van der Waals surface area contributed by atoms with Gasteiger partial charge in [-0.1, -0.05) is 18.2 Å². The van der Waals surface area contributed by atoms with Crippen molar-refractivity contribution in [2.75, 3.05) is 43.6 Å². The SMILES string of the molecule is CN(CCS(C)(=O)=O)C1CCCN(c2ccccc2)C1. The van der Waals surface area contributed by atoms with Crippen LogP contribution in [0.4, 0.5) is 5.69 Å². The molecule has 1 atom stereocenters. The number of anilines is 1. The fourth-order valence-electron chi connectivity index (χ4n) is 2.68. The van der Waals surface area contributed by atoms with Gasteiger partial charge in [-0.3, -0.25) is 0 Å². The summed E-state index contributed by atoms with van der Waals surface area (Å²) in [6, 6.07) is 10.9. The van der Waals surface area contributed by atoms with E-state index in [2.05, 4.69) is 34.1 Å². The van der Waals surface area contributed by atoms with E-state index in [9.17, 15) is 8.42 Å². The average Bonchev–Trinajstić information content (AvgIpc) is 2.45. The van der Waals surface area contributed by atoms with Gasteiger partial charge in [0, 0.05) is 37.6 Å². The summed E-state index contributed by atoms with van der Waals surface area (Å²) in [7, 11) is -0.847. The molecule has 1 heterocycles. The van der Waals surface area contributed by atoms with Crippen molar-refractivity contribution in [2.45, 2.75) is 18.9 Å². The maximum Gasteiger partial charge on any atom is 0.148 e. The van der Waals surface area contributed by atoms with E-state index < -0.39 is 9.84 Å². The number of hydrogen-bond acceptors (Lipinski definition) is 4. The monoisotopic (exact) mass is 296 g/mol. The fraction of sp³-hybridized carbons (Fsp3) is 0.600. The second kappa shape index (κ2) is 6.59. The van der Waals surface area contributed by atoms with Gasteiger partial charge in [0.15, 0.2) is 0 Å². The van der Waals surface area contributed by atoms with Crippen molar-refractivity contribution in [3.05, 3.63) is 30.3 Å². The highest BCUT2D eigenvalue weighted by Crippen LogP contribution is 2.21. The van der Waals surface area contributed by atoms with Crippen LogP contribution in [0.15, 0.2) is 30.3 Å². The minimum Gasteiger partial charge on any atom is -0.370 e. The van der Waals surface area contributed by atoms with Crippen LogP contribution in [0.3, 0.4) is 0 Å². The van der Waals surface area contributed by atoms with Crippen molar-refractivity contribution >= 4 is 15.5 Å². The van der Waals surface area contributed by atoms with Crippen LogP contribution >= 0.6 is 0 Å². The topological polar surface area (TPSA) is 40.6 Å². The van der Waals surface area contributed by atoms with Crippen LogP contribution in [0, 0.1) is 0 Å². The van der Waals surface area contributed by atoms with E-state index in [0.29, 0.717) is 12.6 Å². The highest BCUT2D eigenvalue weighted by Gasteiger charge is 2.23. The second-order valence-electron chi connectivity index (χ2n) is 5.69. The van der Waals surface area contributed by atoms with Crippen molar-refractivity contribution in [2.24, 2.45) is 0 Å². The molecule has 0 amide bonds. The molecule has 1 aliphatic heterocycles. The van der Waals surface area contributed by atoms with Crippen LogP contribution in [0.25, 0.3) is 0 Å². The summed E-state index contributed by atoms with van der Waals surface area (Å²) in [5.74, 6) is 0.241. The van der Waals surface area contributed by atoms with Gasteiger partial charge in [-0.2, -0.15) is 0 Å². The largest absolute Gasteiger partial charge is 0.370 e. The number of likely N-dealkylation sites (N-methyl/N-ethyl adjacent to an activating group) is 1. The molecule has 0 bridgehead atoms. The Labute approximate surface area is 122 Å². The zero-order valence-electron chi connectivity index (χ0n) is 12.3. The van der Waals surface area contributed by atoms with Gasteiger partial charge in [0.05, 0.1) is 5.75 Å². The third-order valence-electron chi connectivity index (χ3n) is 3.96. The first kappa shape index (κ1) is 15.3. The molecule has 1 aliphatic rings. The van der Waals surface area contributed by atoms with Gasteiger partial charge in [-0.25, -0.2) is 8.42 Å². The smallest absolute Gasteiger partial charge is 0.148 e. The number of hydrogen-bond donors (Lipinski definition) is 0. The lowest BCUT2D eigenvalue weighted by molar-refractivity contribution is 0.226. The van der Waals surface area contributed by atoms with Gasteiger partial charge < -0.3 is 9.80 Å². The van der Waals surface area contributed by atoms with Crippen LogP contribution in [0.1, 0.15) is 12.8 Å². The van der Waals surface area contributed by atoms with Crippen molar-refractivity contribution < 1.29 is 8.42 Å². The van der Waals surface area contributed by atoms with Gasteiger partial charge in [0.2, 0.25) is 0 Å². The molecule has 1 aromatic carbocycles. The highest BCUT2D eigenvalue weighted by molar-refractivity contribution is 7.90. The molecular weight excluding hydrogens is 272 g/mol. The quantitative estimate of drug-likeness (QED) is 0.828. The number of piperidine rings is 1. The molecule has 2 rings (SSSR count). The first-order chi connectivity index (χ1) is 9.46. The molecule has 4 nitrogen and oxygen atoms in total. The summed E-state index contributed by atoms with van der Waals surface area (Å²) in [6.45, 7) is 2.68.